The smallest absolute Gasteiger partial charge is 0.0762 e. The summed E-state index contributed by atoms with van der Waals surface area (Å²) in [5, 5.41) is 3.33. The quantitative estimate of drug-likeness (QED) is 0.321. The molecule has 0 saturated carbocycles. The molecule has 0 aromatic heterocycles. The molecule has 0 amide bonds. The highest BCUT2D eigenvalue weighted by Gasteiger charge is 2.39. The van der Waals surface area contributed by atoms with E-state index < -0.39 is 0 Å². The van der Waals surface area contributed by atoms with Gasteiger partial charge in [-0.1, -0.05) is 22.6 Å². The fraction of sp³-hybridized carbons (Fsp3) is 1.00. The number of likely N-dealkylation sites (N-methyl/N-ethyl adjacent to an activating group) is 1. The van der Waals surface area contributed by atoms with E-state index in [1.54, 1.807) is 0 Å². The molecule has 1 heterocycles. The Balaban J connectivity index is 2.13. The number of nitrogens with one attached hydrogen (secondary N) is 1. The monoisotopic (exact) mass is 226 g/mol. The van der Waals surface area contributed by atoms with Crippen molar-refractivity contribution in [1.29, 1.82) is 0 Å². The van der Waals surface area contributed by atoms with Gasteiger partial charge in [0.1, 0.15) is 0 Å². The van der Waals surface area contributed by atoms with Crippen LogP contribution in [0.25, 0.3) is 0 Å². The van der Waals surface area contributed by atoms with Gasteiger partial charge < -0.3 is 0 Å². The molecule has 0 radical (unpaired) electrons. The Morgan fingerprint density at radius 2 is 2.25 bits per heavy atom. The minimum Gasteiger partial charge on any atom is -0.291 e. The predicted octanol–water partition coefficient (Wildman–Crippen LogP) is 0.629. The Labute approximate surface area is 63.8 Å². The van der Waals surface area contributed by atoms with Crippen LogP contribution in [0.1, 0.15) is 6.92 Å². The van der Waals surface area contributed by atoms with E-state index in [0.29, 0.717) is 6.17 Å². The molecule has 3 atom stereocenters. The van der Waals surface area contributed by atoms with Crippen LogP contribution in [0, 0.1) is 0 Å². The fourth-order valence-electron chi connectivity index (χ4n) is 0.888. The Bertz CT molecular complexity index is 78.5. The number of halogens is 1. The summed E-state index contributed by atoms with van der Waals surface area (Å²) < 4.78 is 1.05. The van der Waals surface area contributed by atoms with Crippen molar-refractivity contribution >= 4 is 22.6 Å². The van der Waals surface area contributed by atoms with E-state index >= 15 is 0 Å². The summed E-state index contributed by atoms with van der Waals surface area (Å²) in [5.74, 6) is 0. The van der Waals surface area contributed by atoms with Crippen LogP contribution in [0.15, 0.2) is 0 Å². The lowest BCUT2D eigenvalue weighted by atomic mass is 10.5. The Kier molecular flexibility index (Phi) is 2.11. The van der Waals surface area contributed by atoms with Crippen LogP contribution in [-0.4, -0.2) is 28.7 Å². The molecule has 1 N–H and O–H groups in total. The summed E-state index contributed by atoms with van der Waals surface area (Å²) in [6.45, 7) is 2.23. The minimum atomic E-state index is 0.659. The molecule has 0 aromatic carbocycles. The molecule has 8 heavy (non-hydrogen) atoms. The van der Waals surface area contributed by atoms with Gasteiger partial charge in [0.05, 0.1) is 6.17 Å². The van der Waals surface area contributed by atoms with Gasteiger partial charge in [-0.3, -0.25) is 10.2 Å². The van der Waals surface area contributed by atoms with Crippen molar-refractivity contribution in [2.24, 2.45) is 0 Å². The van der Waals surface area contributed by atoms with Crippen LogP contribution in [0.3, 0.4) is 0 Å². The van der Waals surface area contributed by atoms with E-state index in [1.165, 1.54) is 0 Å². The van der Waals surface area contributed by atoms with Gasteiger partial charge >= 0.3 is 0 Å². The van der Waals surface area contributed by atoms with Crippen molar-refractivity contribution in [3.8, 4) is 0 Å². The summed E-state index contributed by atoms with van der Waals surface area (Å²) in [4.78, 5) is 2.30. The second-order valence-corrected chi connectivity index (χ2v) is 2.95. The highest BCUT2D eigenvalue weighted by atomic mass is 127. The minimum absolute atomic E-state index is 0.659. The molecule has 48 valence electrons. The van der Waals surface area contributed by atoms with Crippen molar-refractivity contribution in [3.63, 3.8) is 0 Å². The lowest BCUT2D eigenvalue weighted by Gasteiger charge is -1.92. The highest BCUT2D eigenvalue weighted by molar-refractivity contribution is 14.1. The Morgan fingerprint density at radius 3 is 2.38 bits per heavy atom. The van der Waals surface area contributed by atoms with Gasteiger partial charge in [-0.25, -0.2) is 0 Å². The molecular weight excluding hydrogens is 215 g/mol. The standard InChI is InChI=1S/C5H11IN2/c1-4-5(7-3-6)8(4)2/h4-5,7H,3H2,1-2H3. The molecule has 1 fully saturated rings. The Hall–Kier alpha value is 0.650. The second-order valence-electron chi connectivity index (χ2n) is 2.19. The average Bonchev–Trinajstić information content (AvgIpc) is 2.25. The summed E-state index contributed by atoms with van der Waals surface area (Å²) in [6.07, 6.45) is 0.659. The lowest BCUT2D eigenvalue weighted by molar-refractivity contribution is 0.556. The van der Waals surface area contributed by atoms with Crippen molar-refractivity contribution in [2.45, 2.75) is 19.1 Å². The van der Waals surface area contributed by atoms with Gasteiger partial charge in [-0.05, 0) is 14.0 Å². The number of nitrogens with zero attached hydrogens (tertiary/aromatic N) is 1. The lowest BCUT2D eigenvalue weighted by Crippen LogP contribution is -2.18. The maximum Gasteiger partial charge on any atom is 0.0762 e. The summed E-state index contributed by atoms with van der Waals surface area (Å²) in [5.41, 5.74) is 0. The number of rotatable bonds is 2. The molecule has 2 nitrogen and oxygen atoms in total. The largest absolute Gasteiger partial charge is 0.291 e. The first-order valence-corrected chi connectivity index (χ1v) is 4.31. The van der Waals surface area contributed by atoms with Gasteiger partial charge in [0.25, 0.3) is 0 Å². The molecule has 3 unspecified atom stereocenters. The summed E-state index contributed by atoms with van der Waals surface area (Å²) in [6, 6.07) is 0.754. The van der Waals surface area contributed by atoms with E-state index in [0.717, 1.165) is 10.6 Å². The maximum absolute atomic E-state index is 3.33. The normalized spacial score (nSPS) is 44.6. The molecule has 1 rings (SSSR count). The molecule has 3 heteroatoms. The molecule has 1 aliphatic heterocycles. The van der Waals surface area contributed by atoms with Crippen molar-refractivity contribution < 1.29 is 0 Å². The van der Waals surface area contributed by atoms with Crippen LogP contribution in [0.5, 0.6) is 0 Å². The SMILES string of the molecule is CC1C(NCI)N1C. The van der Waals surface area contributed by atoms with Crippen LogP contribution < -0.4 is 5.32 Å². The van der Waals surface area contributed by atoms with Crippen LogP contribution >= 0.6 is 22.6 Å². The highest BCUT2D eigenvalue weighted by Crippen LogP contribution is 2.21. The van der Waals surface area contributed by atoms with Gasteiger partial charge in [0.15, 0.2) is 0 Å². The van der Waals surface area contributed by atoms with Gasteiger partial charge in [0, 0.05) is 10.6 Å². The zero-order chi connectivity index (χ0) is 6.15. The number of alkyl halides is 1. The predicted molar refractivity (Wildman–Crippen MR) is 43.0 cm³/mol. The Morgan fingerprint density at radius 1 is 1.75 bits per heavy atom. The van der Waals surface area contributed by atoms with Crippen LogP contribution in [0.2, 0.25) is 0 Å². The first-order valence-electron chi connectivity index (χ1n) is 2.78. The second kappa shape index (κ2) is 2.49. The third-order valence-corrected chi connectivity index (χ3v) is 2.18. The van der Waals surface area contributed by atoms with Crippen LogP contribution in [0.4, 0.5) is 0 Å². The average molecular weight is 226 g/mol. The molecule has 0 aliphatic carbocycles. The first kappa shape index (κ1) is 6.77. The van der Waals surface area contributed by atoms with E-state index in [4.69, 9.17) is 0 Å². The van der Waals surface area contributed by atoms with E-state index in [-0.39, 0.29) is 0 Å². The van der Waals surface area contributed by atoms with Crippen LogP contribution in [-0.2, 0) is 0 Å². The van der Waals surface area contributed by atoms with E-state index in [2.05, 4.69) is 46.8 Å². The molecule has 1 saturated heterocycles. The zero-order valence-corrected chi connectivity index (χ0v) is 7.34. The first-order chi connectivity index (χ1) is 3.77. The summed E-state index contributed by atoms with van der Waals surface area (Å²) in [7, 11) is 2.13. The number of hydrogen-bond donors (Lipinski definition) is 1. The maximum atomic E-state index is 3.33. The summed E-state index contributed by atoms with van der Waals surface area (Å²) >= 11 is 2.32. The van der Waals surface area contributed by atoms with Crippen molar-refractivity contribution in [3.05, 3.63) is 0 Å². The zero-order valence-electron chi connectivity index (χ0n) is 5.19. The molecule has 1 aliphatic rings. The van der Waals surface area contributed by atoms with E-state index in [1.807, 2.05) is 0 Å². The van der Waals surface area contributed by atoms with E-state index in [9.17, 15) is 0 Å². The van der Waals surface area contributed by atoms with Crippen molar-refractivity contribution in [2.75, 3.05) is 11.6 Å². The molecule has 0 aromatic rings. The van der Waals surface area contributed by atoms with Gasteiger partial charge in [-0.15, -0.1) is 0 Å². The third-order valence-electron chi connectivity index (χ3n) is 1.73. The van der Waals surface area contributed by atoms with Gasteiger partial charge in [0.2, 0.25) is 0 Å². The van der Waals surface area contributed by atoms with Crippen molar-refractivity contribution in [1.82, 2.24) is 10.2 Å². The van der Waals surface area contributed by atoms with Gasteiger partial charge in [-0.2, -0.15) is 0 Å². The fourth-order valence-corrected chi connectivity index (χ4v) is 1.34. The molecule has 0 bridgehead atoms. The number of hydrogen-bond acceptors (Lipinski definition) is 2. The topological polar surface area (TPSA) is 15.0 Å². The molecule has 0 spiro atoms. The molecular formula is C5H11IN2. The third kappa shape index (κ3) is 1.14.